The summed E-state index contributed by atoms with van der Waals surface area (Å²) in [6.45, 7) is 11.4. The van der Waals surface area contributed by atoms with Gasteiger partial charge < -0.3 is 0 Å². The van der Waals surface area contributed by atoms with Crippen LogP contribution in [0.5, 0.6) is 0 Å². The zero-order valence-corrected chi connectivity index (χ0v) is 13.0. The van der Waals surface area contributed by atoms with Crippen molar-refractivity contribution >= 4 is 6.71 Å². The molecule has 0 aliphatic carbocycles. The molecule has 0 atom stereocenters. The Hall–Kier alpha value is -0.455. The van der Waals surface area contributed by atoms with Crippen molar-refractivity contribution in [2.45, 2.75) is 84.8 Å². The summed E-state index contributed by atoms with van der Waals surface area (Å²) < 4.78 is 0. The lowest BCUT2D eigenvalue weighted by Crippen LogP contribution is -2.09. The molecule has 0 heterocycles. The monoisotopic (exact) mass is 248 g/mol. The van der Waals surface area contributed by atoms with E-state index in [1.54, 1.807) is 0 Å². The van der Waals surface area contributed by atoms with E-state index in [0.717, 1.165) is 6.71 Å². The van der Waals surface area contributed by atoms with E-state index in [-0.39, 0.29) is 0 Å². The summed E-state index contributed by atoms with van der Waals surface area (Å²) in [6, 6.07) is 0. The minimum absolute atomic E-state index is 0.787. The van der Waals surface area contributed by atoms with E-state index in [4.69, 9.17) is 0 Å². The third kappa shape index (κ3) is 12.0. The van der Waals surface area contributed by atoms with Gasteiger partial charge in [0.2, 0.25) is 0 Å². The standard InChI is InChI=1S/C17H33B/c1-5-7-9-11-14-18(16-13-17(3)4)15-12-10-8-6-2/h13,16H,3,5-12,14-15H2,1-2,4H3/b16-13+. The molecule has 0 rings (SSSR count). The third-order valence-electron chi connectivity index (χ3n) is 3.51. The lowest BCUT2D eigenvalue weighted by molar-refractivity contribution is 0.687. The van der Waals surface area contributed by atoms with Crippen LogP contribution in [0.4, 0.5) is 0 Å². The van der Waals surface area contributed by atoms with Crippen LogP contribution in [0.25, 0.3) is 0 Å². The van der Waals surface area contributed by atoms with Crippen LogP contribution in [-0.2, 0) is 0 Å². The summed E-state index contributed by atoms with van der Waals surface area (Å²) in [5.41, 5.74) is 1.18. The van der Waals surface area contributed by atoms with E-state index in [1.807, 2.05) is 0 Å². The average molecular weight is 248 g/mol. The zero-order chi connectivity index (χ0) is 13.6. The summed E-state index contributed by atoms with van der Waals surface area (Å²) in [6.07, 6.45) is 16.0. The number of hydrogen-bond donors (Lipinski definition) is 0. The predicted octanol–water partition coefficient (Wildman–Crippen LogP) is 6.31. The number of rotatable bonds is 12. The number of unbranched alkanes of at least 4 members (excludes halogenated alkanes) is 6. The molecule has 0 aromatic heterocycles. The van der Waals surface area contributed by atoms with E-state index < -0.39 is 0 Å². The molecule has 0 N–H and O–H groups in total. The van der Waals surface area contributed by atoms with Gasteiger partial charge in [0, 0.05) is 0 Å². The highest BCUT2D eigenvalue weighted by Gasteiger charge is 2.08. The van der Waals surface area contributed by atoms with Crippen molar-refractivity contribution in [2.24, 2.45) is 0 Å². The van der Waals surface area contributed by atoms with Crippen LogP contribution < -0.4 is 0 Å². The Bertz CT molecular complexity index is 206. The molecule has 0 unspecified atom stereocenters. The van der Waals surface area contributed by atoms with Crippen molar-refractivity contribution in [1.82, 2.24) is 0 Å². The Morgan fingerprint density at radius 1 is 0.889 bits per heavy atom. The van der Waals surface area contributed by atoms with E-state index in [1.165, 1.54) is 69.6 Å². The lowest BCUT2D eigenvalue weighted by atomic mass is 9.43. The molecule has 0 aromatic carbocycles. The molecule has 0 radical (unpaired) electrons. The fourth-order valence-corrected chi connectivity index (χ4v) is 2.30. The second kappa shape index (κ2) is 13.0. The topological polar surface area (TPSA) is 0 Å². The largest absolute Gasteiger partial charge is 0.166 e. The van der Waals surface area contributed by atoms with Gasteiger partial charge in [-0.3, -0.25) is 0 Å². The van der Waals surface area contributed by atoms with Crippen LogP contribution >= 0.6 is 0 Å². The first-order valence-corrected chi connectivity index (χ1v) is 8.04. The van der Waals surface area contributed by atoms with Gasteiger partial charge in [0.15, 0.2) is 6.71 Å². The Labute approximate surface area is 116 Å². The first-order valence-electron chi connectivity index (χ1n) is 8.04. The molecule has 18 heavy (non-hydrogen) atoms. The first kappa shape index (κ1) is 17.5. The van der Waals surface area contributed by atoms with E-state index in [2.05, 4.69) is 39.4 Å². The molecular weight excluding hydrogens is 215 g/mol. The van der Waals surface area contributed by atoms with Crippen LogP contribution in [0.2, 0.25) is 12.6 Å². The normalized spacial score (nSPS) is 11.1. The van der Waals surface area contributed by atoms with Gasteiger partial charge in [-0.1, -0.05) is 96.1 Å². The molecular formula is C17H33B. The van der Waals surface area contributed by atoms with Crippen molar-refractivity contribution in [3.8, 4) is 0 Å². The highest BCUT2D eigenvalue weighted by atomic mass is 13.9. The second-order valence-corrected chi connectivity index (χ2v) is 5.66. The van der Waals surface area contributed by atoms with Crippen molar-refractivity contribution < 1.29 is 0 Å². The Kier molecular flexibility index (Phi) is 12.7. The summed E-state index contributed by atoms with van der Waals surface area (Å²) in [5.74, 6) is 2.40. The fourth-order valence-electron chi connectivity index (χ4n) is 2.30. The maximum atomic E-state index is 3.96. The van der Waals surface area contributed by atoms with Crippen LogP contribution in [-0.4, -0.2) is 6.71 Å². The molecule has 0 aliphatic rings. The highest BCUT2D eigenvalue weighted by molar-refractivity contribution is 6.64. The van der Waals surface area contributed by atoms with Crippen molar-refractivity contribution in [3.05, 3.63) is 24.2 Å². The summed E-state index contributed by atoms with van der Waals surface area (Å²) in [4.78, 5) is 0. The fraction of sp³-hybridized carbons (Fsp3) is 0.765. The van der Waals surface area contributed by atoms with E-state index in [0.29, 0.717) is 0 Å². The summed E-state index contributed by atoms with van der Waals surface area (Å²) in [5, 5.41) is 0. The Balaban J connectivity index is 3.88. The average Bonchev–Trinajstić information content (AvgIpc) is 2.35. The van der Waals surface area contributed by atoms with Crippen LogP contribution in [0.3, 0.4) is 0 Å². The minimum Gasteiger partial charge on any atom is -0.115 e. The molecule has 104 valence electrons. The summed E-state index contributed by atoms with van der Waals surface area (Å²) >= 11 is 0. The van der Waals surface area contributed by atoms with Crippen molar-refractivity contribution in [3.63, 3.8) is 0 Å². The number of allylic oxidation sites excluding steroid dienone is 2. The van der Waals surface area contributed by atoms with Crippen LogP contribution in [0.15, 0.2) is 24.2 Å². The summed E-state index contributed by atoms with van der Waals surface area (Å²) in [7, 11) is 0. The quantitative estimate of drug-likeness (QED) is 0.215. The predicted molar refractivity (Wildman–Crippen MR) is 87.6 cm³/mol. The van der Waals surface area contributed by atoms with Gasteiger partial charge in [0.1, 0.15) is 0 Å². The van der Waals surface area contributed by atoms with Gasteiger partial charge in [0.05, 0.1) is 0 Å². The third-order valence-corrected chi connectivity index (χ3v) is 3.51. The molecule has 0 saturated heterocycles. The molecule has 0 spiro atoms. The Morgan fingerprint density at radius 2 is 1.39 bits per heavy atom. The van der Waals surface area contributed by atoms with E-state index in [9.17, 15) is 0 Å². The SMILES string of the molecule is C=C(C)/C=C/B(CCCCCC)CCCCCC. The number of hydrogen-bond acceptors (Lipinski definition) is 0. The molecule has 0 nitrogen and oxygen atoms in total. The molecule has 0 bridgehead atoms. The van der Waals surface area contributed by atoms with E-state index >= 15 is 0 Å². The van der Waals surface area contributed by atoms with Gasteiger partial charge in [0.25, 0.3) is 0 Å². The van der Waals surface area contributed by atoms with Crippen LogP contribution in [0.1, 0.15) is 72.1 Å². The van der Waals surface area contributed by atoms with Gasteiger partial charge in [-0.25, -0.2) is 0 Å². The molecule has 0 amide bonds. The molecule has 0 aliphatic heterocycles. The van der Waals surface area contributed by atoms with Gasteiger partial charge in [-0.05, 0) is 6.92 Å². The zero-order valence-electron chi connectivity index (χ0n) is 13.0. The smallest absolute Gasteiger partial charge is 0.115 e. The van der Waals surface area contributed by atoms with Crippen molar-refractivity contribution in [2.75, 3.05) is 0 Å². The maximum absolute atomic E-state index is 3.96. The Morgan fingerprint density at radius 3 is 1.78 bits per heavy atom. The van der Waals surface area contributed by atoms with Crippen LogP contribution in [0, 0.1) is 0 Å². The van der Waals surface area contributed by atoms with Crippen molar-refractivity contribution in [1.29, 1.82) is 0 Å². The lowest BCUT2D eigenvalue weighted by Gasteiger charge is -2.09. The first-order chi connectivity index (χ1) is 8.70. The minimum atomic E-state index is 0.787. The highest BCUT2D eigenvalue weighted by Crippen LogP contribution is 2.14. The molecule has 0 fully saturated rings. The molecule has 0 saturated carbocycles. The second-order valence-electron chi connectivity index (χ2n) is 5.66. The van der Waals surface area contributed by atoms with Gasteiger partial charge in [-0.2, -0.15) is 0 Å². The van der Waals surface area contributed by atoms with Gasteiger partial charge >= 0.3 is 0 Å². The molecule has 0 aromatic rings. The molecule has 1 heteroatoms. The van der Waals surface area contributed by atoms with Gasteiger partial charge in [-0.15, -0.1) is 5.98 Å². The maximum Gasteiger partial charge on any atom is 0.166 e.